The molecule has 546 valence electrons. The van der Waals surface area contributed by atoms with Crippen LogP contribution in [-0.4, -0.2) is 225 Å². The van der Waals surface area contributed by atoms with Gasteiger partial charge in [0, 0.05) is 57.9 Å². The maximum Gasteiger partial charge on any atom is 0.243 e. The van der Waals surface area contributed by atoms with Crippen LogP contribution < -0.4 is 104 Å². The Morgan fingerprint density at radius 3 is 1.17 bits per heavy atom. The van der Waals surface area contributed by atoms with Crippen LogP contribution in [-0.2, 0) is 47.9 Å². The van der Waals surface area contributed by atoms with Crippen molar-refractivity contribution in [3.05, 3.63) is 12.8 Å². The van der Waals surface area contributed by atoms with Gasteiger partial charge in [-0.2, -0.15) is 0 Å². The number of unbranched alkanes of at least 4 members (excludes halogenated alkanes) is 5. The molecule has 33 nitrogen and oxygen atoms in total. The van der Waals surface area contributed by atoms with Crippen LogP contribution in [0.5, 0.6) is 0 Å². The number of carbonyl (C=O) groups is 10. The molecule has 33 heteroatoms. The standard InChI is InChI=1S/C63H119N23O10/c1-5-72-31-13-8-22-47-57(92)77-41(3)53(88)81-49(24-10-15-33-74-56(91)46(26-17-35-76-63(70)71)84-61(96)51-28-19-37-86(51)39-44(67)21-7-12-30-65)59(94)79-42(4)54(89)82-48(58(93)78-40(2)52(87)80-47)23-9-14-32-73-55(90)45(25-16-34-75-62(68)69)83-60(95)50-27-18-36-85(50)38-43(66)20-6-11-29-64/h5,40-51,72H,1,6-39,64-67H2,2-4H3,(H,73,90)(H,74,91)(H,77,92)(H,78,93)(H,79,94)(H,80,87)(H,81,88)(H,82,89)(H,83,95)(H,84,96)(H4,68,69,75)(H4,70,71,76)/t40-,41-,42-,43+,44+,45+,46+,47+,48+,49+,50+,51+/m1/s1. The predicted octanol–water partition coefficient (Wildman–Crippen LogP) is -4.22. The third-order valence-electron chi connectivity index (χ3n) is 17.4. The maximum absolute atomic E-state index is 14.2. The van der Waals surface area contributed by atoms with Crippen molar-refractivity contribution >= 4 is 71.0 Å². The molecule has 3 saturated heterocycles. The molecule has 3 aliphatic heterocycles. The lowest BCUT2D eigenvalue weighted by Gasteiger charge is -2.28. The summed E-state index contributed by atoms with van der Waals surface area (Å²) < 4.78 is 0. The number of amides is 10. The molecule has 96 heavy (non-hydrogen) atoms. The summed E-state index contributed by atoms with van der Waals surface area (Å²) in [7, 11) is 0. The SMILES string of the molecule is C=CNCCCC[C@@H]1NC(=O)[C@@H](C)NC(=O)[C@H](CCCCNC(=O)[C@H](CCCNC(=N)N)NC(=O)[C@@H]2CCCN2C[C@@H](N)CCCCN)NC(=O)[C@@H](C)NC(=O)[C@H](CCCCNC(=O)[C@H](CCCNC(=N)N)NC(=O)[C@@H]2CCCN2C[C@@H](N)CCCCN)NC(=O)[C@@H](C)NC1=O. The molecule has 0 bridgehead atoms. The van der Waals surface area contributed by atoms with Gasteiger partial charge in [0.25, 0.3) is 0 Å². The van der Waals surface area contributed by atoms with Crippen LogP contribution >= 0.6 is 0 Å². The number of nitrogens with zero attached hydrogens (tertiary/aromatic N) is 2. The first-order valence-electron chi connectivity index (χ1n) is 34.8. The Labute approximate surface area is 566 Å². The van der Waals surface area contributed by atoms with Crippen LogP contribution in [0.4, 0.5) is 0 Å². The zero-order valence-electron chi connectivity index (χ0n) is 57.2. The molecule has 0 radical (unpaired) electrons. The van der Waals surface area contributed by atoms with E-state index in [1.807, 2.05) is 9.80 Å². The Balaban J connectivity index is 1.79. The molecule has 3 aliphatic rings. The Morgan fingerprint density at radius 2 is 0.833 bits per heavy atom. The molecule has 10 amide bonds. The quantitative estimate of drug-likeness (QED) is 0.0156. The molecular weight excluding hydrogens is 1240 g/mol. The monoisotopic (exact) mass is 1360 g/mol. The predicted molar refractivity (Wildman–Crippen MR) is 367 cm³/mol. The minimum atomic E-state index is -1.29. The fraction of sp³-hybridized carbons (Fsp3) is 0.778. The van der Waals surface area contributed by atoms with Gasteiger partial charge in [0.1, 0.15) is 48.3 Å². The van der Waals surface area contributed by atoms with Gasteiger partial charge in [0.05, 0.1) is 12.1 Å². The largest absolute Gasteiger partial charge is 0.391 e. The molecule has 0 spiro atoms. The second-order valence-corrected chi connectivity index (χ2v) is 25.6. The molecule has 0 aromatic heterocycles. The number of carbonyl (C=O) groups excluding carboxylic acids is 10. The molecule has 3 heterocycles. The minimum absolute atomic E-state index is 0.00313. The Morgan fingerprint density at radius 1 is 0.490 bits per heavy atom. The number of nitrogens with one attached hydrogen (secondary N) is 15. The molecule has 0 aromatic rings. The maximum atomic E-state index is 14.2. The second-order valence-electron chi connectivity index (χ2n) is 25.6. The Bertz CT molecular complexity index is 2390. The molecule has 0 saturated carbocycles. The van der Waals surface area contributed by atoms with Crippen LogP contribution in [0.1, 0.15) is 168 Å². The van der Waals surface area contributed by atoms with Crippen molar-refractivity contribution < 1.29 is 47.9 Å². The summed E-state index contributed by atoms with van der Waals surface area (Å²) in [6.07, 6.45) is 12.8. The van der Waals surface area contributed by atoms with E-state index in [2.05, 4.69) is 75.7 Å². The van der Waals surface area contributed by atoms with Gasteiger partial charge in [0.2, 0.25) is 59.1 Å². The van der Waals surface area contributed by atoms with E-state index in [1.165, 1.54) is 27.0 Å². The lowest BCUT2D eigenvalue weighted by atomic mass is 10.0. The van der Waals surface area contributed by atoms with E-state index < -0.39 is 108 Å². The number of hydrogen-bond donors (Lipinski definition) is 21. The highest BCUT2D eigenvalue weighted by molar-refractivity contribution is 5.98. The Kier molecular flexibility index (Phi) is 40.2. The van der Waals surface area contributed by atoms with Crippen molar-refractivity contribution in [2.75, 3.05) is 72.0 Å². The number of rotatable bonds is 42. The summed E-state index contributed by atoms with van der Waals surface area (Å²) in [5, 5.41) is 51.2. The van der Waals surface area contributed by atoms with Gasteiger partial charge in [0.15, 0.2) is 11.9 Å². The first-order chi connectivity index (χ1) is 45.9. The number of likely N-dealkylation sites (tertiary alicyclic amines) is 2. The van der Waals surface area contributed by atoms with Crippen LogP contribution in [0.2, 0.25) is 0 Å². The van der Waals surface area contributed by atoms with Crippen molar-refractivity contribution in [3.8, 4) is 0 Å². The third-order valence-corrected chi connectivity index (χ3v) is 17.4. The van der Waals surface area contributed by atoms with E-state index in [4.69, 9.17) is 45.2 Å². The van der Waals surface area contributed by atoms with Gasteiger partial charge in [-0.05, 0) is 188 Å². The zero-order chi connectivity index (χ0) is 71.0. The van der Waals surface area contributed by atoms with Gasteiger partial charge in [-0.3, -0.25) is 68.6 Å². The van der Waals surface area contributed by atoms with Crippen molar-refractivity contribution in [2.45, 2.75) is 241 Å². The van der Waals surface area contributed by atoms with Crippen LogP contribution in [0.15, 0.2) is 12.8 Å². The summed E-state index contributed by atoms with van der Waals surface area (Å²) in [5.41, 5.74) is 35.2. The topological polar surface area (TPSA) is 537 Å². The van der Waals surface area contributed by atoms with E-state index in [0.717, 1.165) is 51.4 Å². The second kappa shape index (κ2) is 46.7. The molecule has 0 aromatic carbocycles. The molecule has 3 rings (SSSR count). The molecule has 27 N–H and O–H groups in total. The van der Waals surface area contributed by atoms with Gasteiger partial charge in [-0.15, -0.1) is 0 Å². The number of guanidine groups is 2. The van der Waals surface area contributed by atoms with E-state index >= 15 is 0 Å². The smallest absolute Gasteiger partial charge is 0.243 e. The van der Waals surface area contributed by atoms with E-state index in [0.29, 0.717) is 97.2 Å². The van der Waals surface area contributed by atoms with E-state index in [1.54, 1.807) is 0 Å². The van der Waals surface area contributed by atoms with Gasteiger partial charge < -0.3 is 104 Å². The van der Waals surface area contributed by atoms with Crippen molar-refractivity contribution in [3.63, 3.8) is 0 Å². The molecular formula is C63H119N23O10. The average molecular weight is 1360 g/mol. The number of hydrogen-bond acceptors (Lipinski definition) is 19. The first-order valence-corrected chi connectivity index (χ1v) is 34.8. The van der Waals surface area contributed by atoms with Crippen molar-refractivity contribution in [1.29, 1.82) is 10.8 Å². The van der Waals surface area contributed by atoms with Gasteiger partial charge in [-0.25, -0.2) is 0 Å². The van der Waals surface area contributed by atoms with Gasteiger partial charge in [-0.1, -0.05) is 19.4 Å². The highest BCUT2D eigenvalue weighted by atomic mass is 16.2. The molecule has 3 fully saturated rings. The first kappa shape index (κ1) is 82.8. The zero-order valence-corrected chi connectivity index (χ0v) is 57.2. The number of nitrogens with two attached hydrogens (primary N) is 6. The normalized spacial score (nSPS) is 22.9. The van der Waals surface area contributed by atoms with Crippen LogP contribution in [0.3, 0.4) is 0 Å². The van der Waals surface area contributed by atoms with Crippen molar-refractivity contribution in [1.82, 2.24) is 78.9 Å². The fourth-order valence-electron chi connectivity index (χ4n) is 11.8. The van der Waals surface area contributed by atoms with Crippen LogP contribution in [0.25, 0.3) is 0 Å². The molecule has 0 unspecified atom stereocenters. The molecule has 12 atom stereocenters. The Hall–Kier alpha value is -7.46. The average Bonchev–Trinajstić information content (AvgIpc) is 1.48. The van der Waals surface area contributed by atoms with E-state index in [9.17, 15) is 47.9 Å². The lowest BCUT2D eigenvalue weighted by molar-refractivity contribution is -0.136. The summed E-state index contributed by atoms with van der Waals surface area (Å²) in [6, 6.07) is -10.6. The summed E-state index contributed by atoms with van der Waals surface area (Å²) in [4.78, 5) is 144. The fourth-order valence-corrected chi connectivity index (χ4v) is 11.8. The minimum Gasteiger partial charge on any atom is -0.391 e. The third kappa shape index (κ3) is 32.5. The lowest BCUT2D eigenvalue weighted by Crippen LogP contribution is -2.60. The van der Waals surface area contributed by atoms with E-state index in [-0.39, 0.29) is 107 Å². The summed E-state index contributed by atoms with van der Waals surface area (Å²) in [5.74, 6) is -6.42. The van der Waals surface area contributed by atoms with Crippen molar-refractivity contribution in [2.24, 2.45) is 34.4 Å². The highest BCUT2D eigenvalue weighted by Crippen LogP contribution is 2.21. The van der Waals surface area contributed by atoms with Gasteiger partial charge >= 0.3 is 0 Å². The highest BCUT2D eigenvalue weighted by Gasteiger charge is 2.37. The van der Waals surface area contributed by atoms with Crippen LogP contribution in [0, 0.1) is 10.8 Å². The summed E-state index contributed by atoms with van der Waals surface area (Å²) in [6.45, 7) is 12.7. The summed E-state index contributed by atoms with van der Waals surface area (Å²) >= 11 is 0. The molecule has 0 aliphatic carbocycles.